The highest BCUT2D eigenvalue weighted by atomic mass is 16.7. The van der Waals surface area contributed by atoms with Gasteiger partial charge in [-0.05, 0) is 18.2 Å². The van der Waals surface area contributed by atoms with E-state index in [0.717, 1.165) is 10.4 Å². The third kappa shape index (κ3) is 1.85. The van der Waals surface area contributed by atoms with E-state index in [-0.39, 0.29) is 6.42 Å². The van der Waals surface area contributed by atoms with Gasteiger partial charge in [-0.2, -0.15) is 10.3 Å². The first kappa shape index (κ1) is 13.1. The zero-order valence-electron chi connectivity index (χ0n) is 11.1. The molecule has 0 bridgehead atoms. The van der Waals surface area contributed by atoms with Crippen LogP contribution in [0.2, 0.25) is 0 Å². The average molecular weight is 285 g/mol. The van der Waals surface area contributed by atoms with Crippen LogP contribution in [0.3, 0.4) is 0 Å². The second kappa shape index (κ2) is 4.61. The quantitative estimate of drug-likeness (QED) is 0.922. The fourth-order valence-corrected chi connectivity index (χ4v) is 2.66. The molecule has 1 aliphatic rings. The number of benzene rings is 1. The summed E-state index contributed by atoms with van der Waals surface area (Å²) < 4.78 is 1.61. The second-order valence-electron chi connectivity index (χ2n) is 4.68. The summed E-state index contributed by atoms with van der Waals surface area (Å²) in [4.78, 5) is 28.3. The average Bonchev–Trinajstić information content (AvgIpc) is 2.94. The third-order valence-corrected chi connectivity index (χ3v) is 3.51. The van der Waals surface area contributed by atoms with E-state index in [2.05, 4.69) is 0 Å². The van der Waals surface area contributed by atoms with Gasteiger partial charge in [-0.25, -0.2) is 0 Å². The molecule has 1 aromatic heterocycles. The number of aliphatic carboxylic acids is 1. The molecular formula is C14H11N3O4. The molecule has 21 heavy (non-hydrogen) atoms. The zero-order chi connectivity index (χ0) is 15.1. The zero-order valence-corrected chi connectivity index (χ0v) is 11.1. The Bertz CT molecular complexity index is 802. The van der Waals surface area contributed by atoms with Crippen LogP contribution in [0.15, 0.2) is 24.3 Å². The lowest BCUT2D eigenvalue weighted by molar-refractivity contribution is -0.153. The minimum atomic E-state index is -1.04. The van der Waals surface area contributed by atoms with Gasteiger partial charge in [-0.3, -0.25) is 14.4 Å². The molecule has 0 spiro atoms. The predicted molar refractivity (Wildman–Crippen MR) is 71.1 cm³/mol. The highest BCUT2D eigenvalue weighted by Gasteiger charge is 2.39. The molecule has 1 amide bonds. The molecule has 1 aromatic carbocycles. The van der Waals surface area contributed by atoms with Gasteiger partial charge < -0.3 is 9.67 Å². The monoisotopic (exact) mass is 285 g/mol. The molecule has 0 saturated carbocycles. The summed E-state index contributed by atoms with van der Waals surface area (Å²) in [5.41, 5.74) is 1.44. The second-order valence-corrected chi connectivity index (χ2v) is 4.68. The van der Waals surface area contributed by atoms with Gasteiger partial charge in [-0.1, -0.05) is 6.07 Å². The molecule has 3 rings (SSSR count). The third-order valence-electron chi connectivity index (χ3n) is 3.51. The number of nitrogens with zero attached hydrogens (tertiary/aromatic N) is 3. The molecule has 1 N–H and O–H groups in total. The van der Waals surface area contributed by atoms with Crippen LogP contribution in [0.1, 0.15) is 28.6 Å². The maximum Gasteiger partial charge on any atom is 0.307 e. The van der Waals surface area contributed by atoms with Gasteiger partial charge in [0.25, 0.3) is 5.91 Å². The number of hydrogen-bond acceptors (Lipinski definition) is 4. The summed E-state index contributed by atoms with van der Waals surface area (Å²) >= 11 is 0. The van der Waals surface area contributed by atoms with Gasteiger partial charge in [-0.15, -0.1) is 0 Å². The fraction of sp³-hybridized carbons (Fsp3) is 0.214. The van der Waals surface area contributed by atoms with E-state index in [0.29, 0.717) is 16.8 Å². The molecule has 7 heteroatoms. The van der Waals surface area contributed by atoms with Gasteiger partial charge in [0.1, 0.15) is 11.9 Å². The molecule has 0 radical (unpaired) electrons. The maximum absolute atomic E-state index is 12.3. The molecule has 0 saturated heterocycles. The first-order valence-electron chi connectivity index (χ1n) is 6.21. The number of carboxylic acids is 1. The predicted octanol–water partition coefficient (Wildman–Crippen LogP) is 1.50. The van der Waals surface area contributed by atoms with Crippen molar-refractivity contribution in [1.82, 2.24) is 9.63 Å². The van der Waals surface area contributed by atoms with Gasteiger partial charge >= 0.3 is 5.97 Å². The Morgan fingerprint density at radius 2 is 2.24 bits per heavy atom. The lowest BCUT2D eigenvalue weighted by Gasteiger charge is -2.22. The number of fused-ring (bicyclic) bond motifs is 3. The van der Waals surface area contributed by atoms with Gasteiger partial charge in [0.2, 0.25) is 0 Å². The largest absolute Gasteiger partial charge is 0.481 e. The number of carboxylic acid groups (broad SMARTS) is 1. The number of rotatable bonds is 3. The van der Waals surface area contributed by atoms with Crippen LogP contribution in [0, 0.1) is 11.3 Å². The Kier molecular flexibility index (Phi) is 2.89. The summed E-state index contributed by atoms with van der Waals surface area (Å²) in [5.74, 6) is -1.43. The Hall–Kier alpha value is -2.85. The minimum Gasteiger partial charge on any atom is -0.481 e. The summed E-state index contributed by atoms with van der Waals surface area (Å²) in [6, 6.07) is 8.74. The molecule has 0 fully saturated rings. The minimum absolute atomic E-state index is 0.285. The number of aromatic nitrogens is 1. The van der Waals surface area contributed by atoms with E-state index < -0.39 is 18.0 Å². The number of hydroxylamine groups is 2. The van der Waals surface area contributed by atoms with E-state index in [1.165, 1.54) is 7.11 Å². The summed E-state index contributed by atoms with van der Waals surface area (Å²) in [7, 11) is 1.32. The van der Waals surface area contributed by atoms with Crippen molar-refractivity contribution in [2.75, 3.05) is 7.11 Å². The number of hydrogen-bond donors (Lipinski definition) is 1. The maximum atomic E-state index is 12.3. The smallest absolute Gasteiger partial charge is 0.307 e. The van der Waals surface area contributed by atoms with Crippen LogP contribution in [-0.2, 0) is 9.63 Å². The van der Waals surface area contributed by atoms with E-state index in [1.807, 2.05) is 6.07 Å². The van der Waals surface area contributed by atoms with E-state index in [4.69, 9.17) is 15.2 Å². The first-order valence-corrected chi connectivity index (χ1v) is 6.21. The number of carbonyl (C=O) groups excluding carboxylic acids is 1. The van der Waals surface area contributed by atoms with Gasteiger partial charge in [0, 0.05) is 5.39 Å². The van der Waals surface area contributed by atoms with Crippen molar-refractivity contribution in [2.24, 2.45) is 0 Å². The van der Waals surface area contributed by atoms with Crippen molar-refractivity contribution in [3.8, 4) is 6.07 Å². The SMILES string of the molecule is CON1C(=O)c2cc3ccc(C#N)cc3n2C1CC(=O)O. The molecule has 2 heterocycles. The van der Waals surface area contributed by atoms with Crippen LogP contribution >= 0.6 is 0 Å². The molecule has 1 unspecified atom stereocenters. The Labute approximate surface area is 119 Å². The molecule has 7 nitrogen and oxygen atoms in total. The van der Waals surface area contributed by atoms with Crippen molar-refractivity contribution in [3.05, 3.63) is 35.5 Å². The van der Waals surface area contributed by atoms with Crippen molar-refractivity contribution in [2.45, 2.75) is 12.6 Å². The van der Waals surface area contributed by atoms with Crippen molar-refractivity contribution < 1.29 is 19.5 Å². The van der Waals surface area contributed by atoms with Crippen molar-refractivity contribution in [1.29, 1.82) is 5.26 Å². The van der Waals surface area contributed by atoms with Crippen LogP contribution in [0.25, 0.3) is 10.9 Å². The van der Waals surface area contributed by atoms with E-state index >= 15 is 0 Å². The van der Waals surface area contributed by atoms with Crippen LogP contribution in [0.4, 0.5) is 0 Å². The normalized spacial score (nSPS) is 17.0. The number of nitriles is 1. The molecule has 0 aliphatic carbocycles. The Morgan fingerprint density at radius 1 is 1.48 bits per heavy atom. The van der Waals surface area contributed by atoms with Crippen molar-refractivity contribution >= 4 is 22.8 Å². The lowest BCUT2D eigenvalue weighted by Crippen LogP contribution is -2.30. The summed E-state index contributed by atoms with van der Waals surface area (Å²) in [6.07, 6.45) is -1.05. The standard InChI is InChI=1S/C14H11N3O4/c1-21-17-12(6-13(18)19)16-10-4-8(7-15)2-3-9(10)5-11(16)14(17)20/h2-5,12H,6H2,1H3,(H,18,19). The Balaban J connectivity index is 2.24. The first-order chi connectivity index (χ1) is 10.1. The van der Waals surface area contributed by atoms with Crippen LogP contribution < -0.4 is 0 Å². The Morgan fingerprint density at radius 3 is 2.86 bits per heavy atom. The molecular weight excluding hydrogens is 274 g/mol. The topological polar surface area (TPSA) is 95.6 Å². The van der Waals surface area contributed by atoms with Gasteiger partial charge in [0.05, 0.1) is 30.7 Å². The van der Waals surface area contributed by atoms with E-state index in [9.17, 15) is 9.59 Å². The fourth-order valence-electron chi connectivity index (χ4n) is 2.66. The van der Waals surface area contributed by atoms with Crippen molar-refractivity contribution in [3.63, 3.8) is 0 Å². The van der Waals surface area contributed by atoms with Crippen LogP contribution in [0.5, 0.6) is 0 Å². The van der Waals surface area contributed by atoms with E-state index in [1.54, 1.807) is 28.8 Å². The molecule has 106 valence electrons. The number of amides is 1. The molecule has 2 aromatic rings. The summed E-state index contributed by atoms with van der Waals surface area (Å²) in [6.45, 7) is 0. The van der Waals surface area contributed by atoms with Gasteiger partial charge in [0.15, 0.2) is 0 Å². The highest BCUT2D eigenvalue weighted by Crippen LogP contribution is 2.35. The lowest BCUT2D eigenvalue weighted by atomic mass is 10.2. The van der Waals surface area contributed by atoms with Crippen LogP contribution in [-0.4, -0.2) is 33.7 Å². The summed E-state index contributed by atoms with van der Waals surface area (Å²) in [5, 5.41) is 19.9. The number of carbonyl (C=O) groups is 2. The molecule has 1 atom stereocenters. The molecule has 1 aliphatic heterocycles. The highest BCUT2D eigenvalue weighted by molar-refractivity contribution is 6.01.